The van der Waals surface area contributed by atoms with E-state index in [0.717, 1.165) is 43.7 Å². The van der Waals surface area contributed by atoms with Gasteiger partial charge in [-0.2, -0.15) is 0 Å². The lowest BCUT2D eigenvalue weighted by atomic mass is 10.00. The fraction of sp³-hybridized carbons (Fsp3) is 0.562. The van der Waals surface area contributed by atoms with Crippen LogP contribution in [0.2, 0.25) is 0 Å². The summed E-state index contributed by atoms with van der Waals surface area (Å²) in [6, 6.07) is 8.32. The molecular formula is C16H24N2O2. The highest BCUT2D eigenvalue weighted by molar-refractivity contribution is 5.89. The van der Waals surface area contributed by atoms with Crippen molar-refractivity contribution in [3.63, 3.8) is 0 Å². The van der Waals surface area contributed by atoms with E-state index in [1.54, 1.807) is 0 Å². The zero-order valence-electron chi connectivity index (χ0n) is 12.3. The van der Waals surface area contributed by atoms with Gasteiger partial charge in [0.2, 0.25) is 5.91 Å². The van der Waals surface area contributed by atoms with Gasteiger partial charge in [-0.3, -0.25) is 4.79 Å². The van der Waals surface area contributed by atoms with Crippen LogP contribution in [0.5, 0.6) is 0 Å². The first kappa shape index (κ1) is 14.9. The Morgan fingerprint density at radius 1 is 1.40 bits per heavy atom. The summed E-state index contributed by atoms with van der Waals surface area (Å²) in [5, 5.41) is 6.36. The molecule has 4 nitrogen and oxygen atoms in total. The lowest BCUT2D eigenvalue weighted by molar-refractivity contribution is -0.114. The zero-order chi connectivity index (χ0) is 14.4. The molecule has 2 rings (SSSR count). The van der Waals surface area contributed by atoms with Crippen molar-refractivity contribution in [1.29, 1.82) is 0 Å². The molecule has 2 atom stereocenters. The van der Waals surface area contributed by atoms with Gasteiger partial charge in [-0.05, 0) is 37.5 Å². The number of anilines is 2. The van der Waals surface area contributed by atoms with E-state index in [9.17, 15) is 4.79 Å². The number of carbonyl (C=O) groups excluding carboxylic acids is 1. The van der Waals surface area contributed by atoms with Crippen LogP contribution in [0, 0.1) is 0 Å². The molecule has 20 heavy (non-hydrogen) atoms. The molecule has 0 aromatic heterocycles. The maximum absolute atomic E-state index is 11.1. The second-order valence-electron chi connectivity index (χ2n) is 5.41. The van der Waals surface area contributed by atoms with Crippen LogP contribution >= 0.6 is 0 Å². The van der Waals surface area contributed by atoms with Crippen molar-refractivity contribution < 1.29 is 9.53 Å². The van der Waals surface area contributed by atoms with Crippen molar-refractivity contribution >= 4 is 17.3 Å². The SMILES string of the molecule is CCCC1CC(Nc2cccc(NC(C)=O)c2)CCO1. The Bertz CT molecular complexity index is 446. The number of carbonyl (C=O) groups is 1. The standard InChI is InChI=1S/C16H24N2O2/c1-3-5-16-11-15(8-9-20-16)18-14-7-4-6-13(10-14)17-12(2)19/h4,6-7,10,15-16,18H,3,5,8-9,11H2,1-2H3,(H,17,19). The van der Waals surface area contributed by atoms with E-state index in [1.807, 2.05) is 24.3 Å². The molecule has 1 aliphatic heterocycles. The number of benzene rings is 1. The number of amides is 1. The Labute approximate surface area is 120 Å². The van der Waals surface area contributed by atoms with Crippen molar-refractivity contribution in [2.24, 2.45) is 0 Å². The Balaban J connectivity index is 1.93. The van der Waals surface area contributed by atoms with Crippen LogP contribution in [0.3, 0.4) is 0 Å². The predicted molar refractivity (Wildman–Crippen MR) is 82.0 cm³/mol. The average Bonchev–Trinajstić information content (AvgIpc) is 2.39. The van der Waals surface area contributed by atoms with Gasteiger partial charge in [0.1, 0.15) is 0 Å². The molecule has 4 heteroatoms. The van der Waals surface area contributed by atoms with Gasteiger partial charge >= 0.3 is 0 Å². The van der Waals surface area contributed by atoms with Crippen LogP contribution in [-0.4, -0.2) is 24.7 Å². The summed E-state index contributed by atoms with van der Waals surface area (Å²) < 4.78 is 5.77. The maximum Gasteiger partial charge on any atom is 0.221 e. The molecule has 1 aromatic carbocycles. The third-order valence-electron chi connectivity index (χ3n) is 3.53. The molecule has 1 heterocycles. The summed E-state index contributed by atoms with van der Waals surface area (Å²) in [5.41, 5.74) is 1.89. The second-order valence-corrected chi connectivity index (χ2v) is 5.41. The average molecular weight is 276 g/mol. The summed E-state index contributed by atoms with van der Waals surface area (Å²) in [4.78, 5) is 11.1. The number of ether oxygens (including phenoxy) is 1. The highest BCUT2D eigenvalue weighted by atomic mass is 16.5. The second kappa shape index (κ2) is 7.29. The van der Waals surface area contributed by atoms with Gasteiger partial charge in [-0.15, -0.1) is 0 Å². The summed E-state index contributed by atoms with van der Waals surface area (Å²) >= 11 is 0. The van der Waals surface area contributed by atoms with E-state index in [2.05, 4.69) is 17.6 Å². The minimum absolute atomic E-state index is 0.0452. The Kier molecular flexibility index (Phi) is 5.41. The number of hydrogen-bond acceptors (Lipinski definition) is 3. The number of hydrogen-bond donors (Lipinski definition) is 2. The number of rotatable bonds is 5. The first-order valence-electron chi connectivity index (χ1n) is 7.43. The molecule has 1 aromatic rings. The minimum Gasteiger partial charge on any atom is -0.382 e. The van der Waals surface area contributed by atoms with Gasteiger partial charge in [-0.25, -0.2) is 0 Å². The molecule has 0 bridgehead atoms. The summed E-state index contributed by atoms with van der Waals surface area (Å²) in [7, 11) is 0. The number of nitrogens with one attached hydrogen (secondary N) is 2. The molecule has 1 saturated heterocycles. The smallest absolute Gasteiger partial charge is 0.221 e. The molecule has 1 amide bonds. The van der Waals surface area contributed by atoms with Crippen molar-refractivity contribution in [1.82, 2.24) is 0 Å². The molecule has 1 fully saturated rings. The molecule has 0 saturated carbocycles. The van der Waals surface area contributed by atoms with Gasteiger partial charge in [0.25, 0.3) is 0 Å². The first-order valence-corrected chi connectivity index (χ1v) is 7.43. The van der Waals surface area contributed by atoms with E-state index < -0.39 is 0 Å². The van der Waals surface area contributed by atoms with Crippen molar-refractivity contribution in [3.05, 3.63) is 24.3 Å². The van der Waals surface area contributed by atoms with Crippen LogP contribution in [0.15, 0.2) is 24.3 Å². The van der Waals surface area contributed by atoms with Crippen LogP contribution in [-0.2, 0) is 9.53 Å². The van der Waals surface area contributed by atoms with E-state index in [-0.39, 0.29) is 5.91 Å². The normalized spacial score (nSPS) is 22.3. The maximum atomic E-state index is 11.1. The Morgan fingerprint density at radius 2 is 2.20 bits per heavy atom. The highest BCUT2D eigenvalue weighted by Gasteiger charge is 2.21. The Morgan fingerprint density at radius 3 is 2.95 bits per heavy atom. The van der Waals surface area contributed by atoms with Crippen LogP contribution in [0.25, 0.3) is 0 Å². The monoisotopic (exact) mass is 276 g/mol. The quantitative estimate of drug-likeness (QED) is 0.866. The molecule has 0 spiro atoms. The van der Waals surface area contributed by atoms with E-state index in [4.69, 9.17) is 4.74 Å². The van der Waals surface area contributed by atoms with Crippen molar-refractivity contribution in [2.75, 3.05) is 17.2 Å². The third-order valence-corrected chi connectivity index (χ3v) is 3.53. The fourth-order valence-corrected chi connectivity index (χ4v) is 2.66. The summed E-state index contributed by atoms with van der Waals surface area (Å²) in [5.74, 6) is -0.0452. The lowest BCUT2D eigenvalue weighted by Crippen LogP contribution is -2.34. The van der Waals surface area contributed by atoms with Crippen LogP contribution < -0.4 is 10.6 Å². The highest BCUT2D eigenvalue weighted by Crippen LogP contribution is 2.23. The molecule has 0 radical (unpaired) electrons. The lowest BCUT2D eigenvalue weighted by Gasteiger charge is -2.30. The zero-order valence-corrected chi connectivity index (χ0v) is 12.3. The molecule has 110 valence electrons. The van der Waals surface area contributed by atoms with E-state index >= 15 is 0 Å². The van der Waals surface area contributed by atoms with Crippen LogP contribution in [0.1, 0.15) is 39.5 Å². The minimum atomic E-state index is -0.0452. The van der Waals surface area contributed by atoms with Gasteiger partial charge < -0.3 is 15.4 Å². The molecule has 2 N–H and O–H groups in total. The van der Waals surface area contributed by atoms with Gasteiger partial charge in [-0.1, -0.05) is 19.4 Å². The van der Waals surface area contributed by atoms with Crippen molar-refractivity contribution in [3.8, 4) is 0 Å². The van der Waals surface area contributed by atoms with Crippen LogP contribution in [0.4, 0.5) is 11.4 Å². The summed E-state index contributed by atoms with van der Waals surface area (Å²) in [6.45, 7) is 4.54. The van der Waals surface area contributed by atoms with Crippen molar-refractivity contribution in [2.45, 2.75) is 51.7 Å². The predicted octanol–water partition coefficient (Wildman–Crippen LogP) is 3.40. The van der Waals surface area contributed by atoms with Gasteiger partial charge in [0, 0.05) is 30.9 Å². The van der Waals surface area contributed by atoms with Gasteiger partial charge in [0.05, 0.1) is 6.10 Å². The fourth-order valence-electron chi connectivity index (χ4n) is 2.66. The largest absolute Gasteiger partial charge is 0.382 e. The molecule has 0 aliphatic carbocycles. The van der Waals surface area contributed by atoms with E-state index in [0.29, 0.717) is 12.1 Å². The molecular weight excluding hydrogens is 252 g/mol. The molecule has 1 aliphatic rings. The topological polar surface area (TPSA) is 50.4 Å². The third kappa shape index (κ3) is 4.53. The Hall–Kier alpha value is -1.55. The van der Waals surface area contributed by atoms with Gasteiger partial charge in [0.15, 0.2) is 0 Å². The summed E-state index contributed by atoms with van der Waals surface area (Å²) in [6.07, 6.45) is 4.76. The van der Waals surface area contributed by atoms with E-state index in [1.165, 1.54) is 6.92 Å². The first-order chi connectivity index (χ1) is 9.67. The molecule has 2 unspecified atom stereocenters.